The van der Waals surface area contributed by atoms with Crippen LogP contribution in [0.1, 0.15) is 12.5 Å². The molecule has 0 saturated carbocycles. The maximum Gasteiger partial charge on any atom is 0.262 e. The molecule has 0 aliphatic rings. The number of nitrogens with one attached hydrogen (secondary N) is 2. The highest BCUT2D eigenvalue weighted by Gasteiger charge is 2.11. The summed E-state index contributed by atoms with van der Waals surface area (Å²) >= 11 is 5.83. The molecule has 0 aliphatic carbocycles. The smallest absolute Gasteiger partial charge is 0.262 e. The first-order valence-corrected chi connectivity index (χ1v) is 7.46. The lowest BCUT2D eigenvalue weighted by Gasteiger charge is -2.13. The standard InChI is InChI=1S/C17H18ClN3O2/c1-12(20-15-9-7-14(18)8-10-15)17(22)21-19-11-13-5-3-4-6-16(13)23-2/h3-12,20H,1-2H3,(H,21,22). The Morgan fingerprint density at radius 2 is 1.91 bits per heavy atom. The fourth-order valence-electron chi connectivity index (χ4n) is 1.90. The van der Waals surface area contributed by atoms with Crippen LogP contribution in [0.2, 0.25) is 5.02 Å². The number of benzene rings is 2. The summed E-state index contributed by atoms with van der Waals surface area (Å²) < 4.78 is 5.21. The third kappa shape index (κ3) is 5.00. The molecule has 2 N–H and O–H groups in total. The van der Waals surface area contributed by atoms with Crippen LogP contribution in [-0.4, -0.2) is 25.3 Å². The van der Waals surface area contributed by atoms with Crippen molar-refractivity contribution in [1.82, 2.24) is 5.43 Å². The molecule has 120 valence electrons. The molecule has 5 nitrogen and oxygen atoms in total. The van der Waals surface area contributed by atoms with Crippen LogP contribution in [0.5, 0.6) is 5.75 Å². The van der Waals surface area contributed by atoms with Gasteiger partial charge in [0.1, 0.15) is 11.8 Å². The summed E-state index contributed by atoms with van der Waals surface area (Å²) in [5.74, 6) is 0.448. The van der Waals surface area contributed by atoms with Crippen LogP contribution in [0.3, 0.4) is 0 Å². The normalized spacial score (nSPS) is 12.0. The van der Waals surface area contributed by atoms with Crippen molar-refractivity contribution in [2.24, 2.45) is 5.10 Å². The molecular weight excluding hydrogens is 314 g/mol. The van der Waals surface area contributed by atoms with Gasteiger partial charge in [-0.05, 0) is 43.3 Å². The predicted molar refractivity (Wildman–Crippen MR) is 93.3 cm³/mol. The molecule has 0 aromatic heterocycles. The number of rotatable bonds is 6. The average molecular weight is 332 g/mol. The Morgan fingerprint density at radius 3 is 2.61 bits per heavy atom. The molecule has 23 heavy (non-hydrogen) atoms. The topological polar surface area (TPSA) is 62.7 Å². The molecule has 1 atom stereocenters. The highest BCUT2D eigenvalue weighted by Crippen LogP contribution is 2.15. The van der Waals surface area contributed by atoms with Crippen LogP contribution in [0, 0.1) is 0 Å². The molecule has 0 radical (unpaired) electrons. The van der Waals surface area contributed by atoms with Crippen molar-refractivity contribution in [1.29, 1.82) is 0 Å². The van der Waals surface area contributed by atoms with Gasteiger partial charge in [0.05, 0.1) is 13.3 Å². The molecule has 6 heteroatoms. The molecule has 0 bridgehead atoms. The zero-order valence-electron chi connectivity index (χ0n) is 12.9. The van der Waals surface area contributed by atoms with Gasteiger partial charge in [-0.2, -0.15) is 5.10 Å². The second-order valence-electron chi connectivity index (χ2n) is 4.85. The summed E-state index contributed by atoms with van der Waals surface area (Å²) in [6.45, 7) is 1.75. The van der Waals surface area contributed by atoms with E-state index in [4.69, 9.17) is 16.3 Å². The Labute approximate surface area is 140 Å². The van der Waals surface area contributed by atoms with Crippen LogP contribution < -0.4 is 15.5 Å². The maximum absolute atomic E-state index is 12.0. The lowest BCUT2D eigenvalue weighted by Crippen LogP contribution is -2.34. The molecule has 0 fully saturated rings. The molecule has 2 aromatic rings. The summed E-state index contributed by atoms with van der Waals surface area (Å²) in [7, 11) is 1.59. The fraction of sp³-hybridized carbons (Fsp3) is 0.176. The largest absolute Gasteiger partial charge is 0.496 e. The highest BCUT2D eigenvalue weighted by molar-refractivity contribution is 6.30. The summed E-state index contributed by atoms with van der Waals surface area (Å²) in [6, 6.07) is 14.1. The molecule has 1 unspecified atom stereocenters. The number of para-hydroxylation sites is 1. The molecule has 2 aromatic carbocycles. The Hall–Kier alpha value is -2.53. The molecule has 0 aliphatic heterocycles. The molecule has 0 heterocycles. The van der Waals surface area contributed by atoms with Crippen LogP contribution in [0.25, 0.3) is 0 Å². The van der Waals surface area contributed by atoms with Crippen molar-refractivity contribution in [3.63, 3.8) is 0 Å². The zero-order chi connectivity index (χ0) is 16.7. The maximum atomic E-state index is 12.0. The first-order valence-electron chi connectivity index (χ1n) is 7.08. The first-order chi connectivity index (χ1) is 11.1. The van der Waals surface area contributed by atoms with Gasteiger partial charge in [0.2, 0.25) is 0 Å². The number of hydrogen-bond donors (Lipinski definition) is 2. The lowest BCUT2D eigenvalue weighted by molar-refractivity contribution is -0.121. The van der Waals surface area contributed by atoms with E-state index in [0.29, 0.717) is 10.8 Å². The van der Waals surface area contributed by atoms with E-state index in [1.165, 1.54) is 0 Å². The molecule has 0 spiro atoms. The van der Waals surface area contributed by atoms with Gasteiger partial charge in [0, 0.05) is 16.3 Å². The Bertz CT molecular complexity index is 686. The monoisotopic (exact) mass is 331 g/mol. The number of halogens is 1. The Kier molecular flexibility index (Phi) is 6.00. The Balaban J connectivity index is 1.90. The van der Waals surface area contributed by atoms with Crippen molar-refractivity contribution in [2.75, 3.05) is 12.4 Å². The number of ether oxygens (including phenoxy) is 1. The minimum atomic E-state index is -0.439. The summed E-state index contributed by atoms with van der Waals surface area (Å²) in [4.78, 5) is 12.0. The van der Waals surface area contributed by atoms with E-state index >= 15 is 0 Å². The number of methoxy groups -OCH3 is 1. The molecular formula is C17H18ClN3O2. The van der Waals surface area contributed by atoms with E-state index in [1.54, 1.807) is 32.4 Å². The van der Waals surface area contributed by atoms with Gasteiger partial charge in [0.25, 0.3) is 5.91 Å². The first kappa shape index (κ1) is 16.8. The quantitative estimate of drug-likeness (QED) is 0.630. The van der Waals surface area contributed by atoms with E-state index < -0.39 is 6.04 Å². The van der Waals surface area contributed by atoms with Crippen molar-refractivity contribution in [3.8, 4) is 5.75 Å². The predicted octanol–water partition coefficient (Wildman–Crippen LogP) is 3.30. The van der Waals surface area contributed by atoms with Crippen molar-refractivity contribution in [3.05, 3.63) is 59.1 Å². The lowest BCUT2D eigenvalue weighted by atomic mass is 10.2. The minimum Gasteiger partial charge on any atom is -0.496 e. The van der Waals surface area contributed by atoms with E-state index in [2.05, 4.69) is 15.8 Å². The summed E-state index contributed by atoms with van der Waals surface area (Å²) in [5.41, 5.74) is 4.10. The van der Waals surface area contributed by atoms with Crippen molar-refractivity contribution < 1.29 is 9.53 Å². The van der Waals surface area contributed by atoms with Gasteiger partial charge in [-0.15, -0.1) is 0 Å². The molecule has 2 rings (SSSR count). The third-order valence-corrected chi connectivity index (χ3v) is 3.39. The second kappa shape index (κ2) is 8.19. The van der Waals surface area contributed by atoms with Gasteiger partial charge < -0.3 is 10.1 Å². The SMILES string of the molecule is COc1ccccc1C=NNC(=O)C(C)Nc1ccc(Cl)cc1. The number of hydrazone groups is 1. The fourth-order valence-corrected chi connectivity index (χ4v) is 2.02. The third-order valence-electron chi connectivity index (χ3n) is 3.14. The number of anilines is 1. The number of hydrogen-bond acceptors (Lipinski definition) is 4. The average Bonchev–Trinajstić information content (AvgIpc) is 2.57. The van der Waals surface area contributed by atoms with Crippen molar-refractivity contribution >= 4 is 29.4 Å². The van der Waals surface area contributed by atoms with Gasteiger partial charge in [0.15, 0.2) is 0 Å². The number of carbonyl (C=O) groups excluding carboxylic acids is 1. The Morgan fingerprint density at radius 1 is 1.22 bits per heavy atom. The van der Waals surface area contributed by atoms with Crippen LogP contribution in [0.4, 0.5) is 5.69 Å². The number of carbonyl (C=O) groups is 1. The van der Waals surface area contributed by atoms with Gasteiger partial charge >= 0.3 is 0 Å². The molecule has 0 saturated heterocycles. The summed E-state index contributed by atoms with van der Waals surface area (Å²) in [5, 5.41) is 7.68. The molecule has 1 amide bonds. The minimum absolute atomic E-state index is 0.244. The van der Waals surface area contributed by atoms with E-state index in [-0.39, 0.29) is 5.91 Å². The van der Waals surface area contributed by atoms with Crippen LogP contribution in [0.15, 0.2) is 53.6 Å². The van der Waals surface area contributed by atoms with E-state index in [0.717, 1.165) is 11.3 Å². The van der Waals surface area contributed by atoms with Crippen molar-refractivity contribution in [2.45, 2.75) is 13.0 Å². The van der Waals surface area contributed by atoms with Gasteiger partial charge in [-0.25, -0.2) is 5.43 Å². The van der Waals surface area contributed by atoms with Gasteiger partial charge in [-0.1, -0.05) is 23.7 Å². The van der Waals surface area contributed by atoms with Crippen LogP contribution in [-0.2, 0) is 4.79 Å². The van der Waals surface area contributed by atoms with E-state index in [1.807, 2.05) is 36.4 Å². The zero-order valence-corrected chi connectivity index (χ0v) is 13.7. The summed E-state index contributed by atoms with van der Waals surface area (Å²) in [6.07, 6.45) is 1.55. The van der Waals surface area contributed by atoms with E-state index in [9.17, 15) is 4.79 Å². The number of nitrogens with zero attached hydrogens (tertiary/aromatic N) is 1. The van der Waals surface area contributed by atoms with Gasteiger partial charge in [-0.3, -0.25) is 4.79 Å². The highest BCUT2D eigenvalue weighted by atomic mass is 35.5. The number of amides is 1. The second-order valence-corrected chi connectivity index (χ2v) is 5.29. The van der Waals surface area contributed by atoms with Crippen LogP contribution >= 0.6 is 11.6 Å².